The van der Waals surface area contributed by atoms with Gasteiger partial charge in [-0.2, -0.15) is 0 Å². The number of fused-ring (bicyclic) bond motifs is 6. The van der Waals surface area contributed by atoms with Gasteiger partial charge < -0.3 is 48.6 Å². The van der Waals surface area contributed by atoms with Gasteiger partial charge in [-0.05, 0) is 173 Å². The maximum atomic E-state index is 10.5. The Morgan fingerprint density at radius 1 is 0.468 bits per heavy atom. The summed E-state index contributed by atoms with van der Waals surface area (Å²) in [6.07, 6.45) is 11.3. The van der Waals surface area contributed by atoms with Crippen LogP contribution in [-0.2, 0) is 39.1 Å². The highest BCUT2D eigenvalue weighted by Gasteiger charge is 2.33. The predicted octanol–water partition coefficient (Wildman–Crippen LogP) is 16.9. The molecular weight excluding hydrogens is 1190 g/mol. The van der Waals surface area contributed by atoms with E-state index in [4.69, 9.17) is 35.3 Å². The quantitative estimate of drug-likeness (QED) is 0.0783. The molecule has 3 fully saturated rings. The number of hydrogen-bond acceptors (Lipinski definition) is 12. The molecule has 0 saturated carbocycles. The molecule has 9 aromatic carbocycles. The number of para-hydroxylation sites is 9. The molecule has 15 rings (SSSR count). The molecule has 486 valence electrons. The van der Waals surface area contributed by atoms with Crippen LogP contribution in [0.2, 0.25) is 0 Å². The van der Waals surface area contributed by atoms with Crippen molar-refractivity contribution in [3.8, 4) is 28.7 Å². The molecule has 6 aliphatic rings. The topological polar surface area (TPSA) is 91.5 Å². The maximum Gasteiger partial charge on any atom is 0.150 e. The number of anilines is 6. The molecule has 0 unspecified atom stereocenters. The number of alkyl halides is 1. The number of hydrogen-bond donors (Lipinski definition) is 1. The average Bonchev–Trinajstić information content (AvgIpc) is 1.58. The Morgan fingerprint density at radius 3 is 1.59 bits per heavy atom. The van der Waals surface area contributed by atoms with Gasteiger partial charge in [-0.25, -0.2) is 0 Å². The fourth-order valence-electron chi connectivity index (χ4n) is 13.7. The van der Waals surface area contributed by atoms with Crippen LogP contribution in [0.3, 0.4) is 0 Å². The number of halogens is 1. The number of carbonyl (C=O) groups excluding carboxylic acids is 1. The van der Waals surface area contributed by atoms with Gasteiger partial charge in [0.1, 0.15) is 54.9 Å². The fraction of sp³-hybridized carbons (Fsp3) is 0.321. The molecule has 1 N–H and O–H groups in total. The Labute approximate surface area is 561 Å². The van der Waals surface area contributed by atoms with Crippen molar-refractivity contribution >= 4 is 52.0 Å². The first-order valence-electron chi connectivity index (χ1n) is 33.7. The van der Waals surface area contributed by atoms with Crippen molar-refractivity contribution in [2.24, 2.45) is 0 Å². The normalized spacial score (nSPS) is 18.0. The highest BCUT2D eigenvalue weighted by atomic mass is 35.5. The van der Waals surface area contributed by atoms with E-state index in [0.29, 0.717) is 37.3 Å². The molecule has 6 aliphatic heterocycles. The number of rotatable bonds is 15. The minimum absolute atomic E-state index is 0.321. The molecule has 0 bridgehead atoms. The molecule has 9 aromatic rings. The van der Waals surface area contributed by atoms with Crippen LogP contribution < -0.4 is 38.8 Å². The number of piperidine rings is 2. The molecule has 0 aromatic heterocycles. The van der Waals surface area contributed by atoms with E-state index in [9.17, 15) is 4.79 Å². The summed E-state index contributed by atoms with van der Waals surface area (Å²) in [5.41, 5.74) is 15.5. The molecular formula is C81H89ClN6O6. The van der Waals surface area contributed by atoms with Crippen molar-refractivity contribution in [2.75, 3.05) is 88.2 Å². The van der Waals surface area contributed by atoms with Gasteiger partial charge in [0.25, 0.3) is 0 Å². The van der Waals surface area contributed by atoms with E-state index in [1.165, 1.54) is 101 Å². The molecule has 94 heavy (non-hydrogen) atoms. The zero-order valence-electron chi connectivity index (χ0n) is 54.5. The third-order valence-electron chi connectivity index (χ3n) is 18.9. The molecule has 0 radical (unpaired) electrons. The highest BCUT2D eigenvalue weighted by Crippen LogP contribution is 2.43. The zero-order valence-corrected chi connectivity index (χ0v) is 55.3. The number of nitrogens with one attached hydrogen (secondary N) is 1. The van der Waals surface area contributed by atoms with Crippen molar-refractivity contribution < 1.29 is 28.5 Å². The van der Waals surface area contributed by atoms with Crippen molar-refractivity contribution in [3.05, 3.63) is 257 Å². The van der Waals surface area contributed by atoms with Crippen molar-refractivity contribution in [3.63, 3.8) is 0 Å². The second-order valence-electron chi connectivity index (χ2n) is 25.1. The lowest BCUT2D eigenvalue weighted by atomic mass is 10.00. The predicted molar refractivity (Wildman–Crippen MR) is 382 cm³/mol. The molecule has 13 heteroatoms. The van der Waals surface area contributed by atoms with E-state index in [-0.39, 0.29) is 0 Å². The average molecular weight is 1280 g/mol. The highest BCUT2D eigenvalue weighted by molar-refractivity contribution is 6.20. The first-order valence-corrected chi connectivity index (χ1v) is 34.1. The summed E-state index contributed by atoms with van der Waals surface area (Å²) in [7, 11) is 3.43. The Kier molecular flexibility index (Phi) is 22.8. The summed E-state index contributed by atoms with van der Waals surface area (Å²) in [5.74, 6) is 4.70. The number of ether oxygens (including phenoxy) is 5. The van der Waals surface area contributed by atoms with Crippen molar-refractivity contribution in [2.45, 2.75) is 95.1 Å². The van der Waals surface area contributed by atoms with E-state index in [1.54, 1.807) is 14.2 Å². The maximum absolute atomic E-state index is 10.5. The van der Waals surface area contributed by atoms with Crippen molar-refractivity contribution in [1.29, 1.82) is 0 Å². The van der Waals surface area contributed by atoms with E-state index in [2.05, 4.69) is 188 Å². The van der Waals surface area contributed by atoms with E-state index < -0.39 is 0 Å². The molecule has 12 nitrogen and oxygen atoms in total. The van der Waals surface area contributed by atoms with Gasteiger partial charge in [-0.15, -0.1) is 11.6 Å². The Hall–Kier alpha value is -8.78. The fourth-order valence-corrected chi connectivity index (χ4v) is 14.1. The van der Waals surface area contributed by atoms with E-state index in [0.717, 1.165) is 123 Å². The summed E-state index contributed by atoms with van der Waals surface area (Å²) < 4.78 is 28.6. The minimum Gasteiger partial charge on any atom is -0.497 e. The molecule has 3 atom stereocenters. The SMILES string of the molecule is COc1ccc(CCN2CCC[C@@H]2CN2c3ccccc3COc3ccccc32)cc1.COc1ccc(CCN2CCC[C@H](N3c4ccccc4COc4ccccc43)C2)cc1.O=Cc1ccc(CCN2CCC[C@H](Cl)C2)cc1.c1ccc2c(c1)COc1ccccc1N2. The lowest BCUT2D eigenvalue weighted by Gasteiger charge is -2.41. The van der Waals surface area contributed by atoms with Gasteiger partial charge in [-0.1, -0.05) is 140 Å². The third-order valence-corrected chi connectivity index (χ3v) is 19.2. The summed E-state index contributed by atoms with van der Waals surface area (Å²) in [6.45, 7) is 11.7. The van der Waals surface area contributed by atoms with Gasteiger partial charge in [0.15, 0.2) is 0 Å². The molecule has 0 aliphatic carbocycles. The first-order chi connectivity index (χ1) is 46.3. The molecule has 0 amide bonds. The van der Waals surface area contributed by atoms with Crippen LogP contribution in [0.1, 0.15) is 82.3 Å². The summed E-state index contributed by atoms with van der Waals surface area (Å²) in [4.78, 5) is 23.3. The number of carbonyl (C=O) groups is 1. The number of likely N-dealkylation sites (tertiary alicyclic amines) is 3. The van der Waals surface area contributed by atoms with E-state index >= 15 is 0 Å². The van der Waals surface area contributed by atoms with Crippen LogP contribution in [0, 0.1) is 0 Å². The zero-order chi connectivity index (χ0) is 64.3. The van der Waals surface area contributed by atoms with E-state index in [1.807, 2.05) is 60.7 Å². The smallest absolute Gasteiger partial charge is 0.150 e. The van der Waals surface area contributed by atoms with Gasteiger partial charge in [0.2, 0.25) is 0 Å². The van der Waals surface area contributed by atoms with Gasteiger partial charge >= 0.3 is 0 Å². The van der Waals surface area contributed by atoms with Gasteiger partial charge in [0.05, 0.1) is 31.3 Å². The van der Waals surface area contributed by atoms with Crippen molar-refractivity contribution in [1.82, 2.24) is 14.7 Å². The van der Waals surface area contributed by atoms with Crippen LogP contribution in [0.4, 0.5) is 34.1 Å². The summed E-state index contributed by atoms with van der Waals surface area (Å²) in [5, 5.41) is 3.70. The number of methoxy groups -OCH3 is 2. The second kappa shape index (κ2) is 32.9. The molecule has 6 heterocycles. The third kappa shape index (κ3) is 17.1. The molecule has 0 spiro atoms. The second-order valence-corrected chi connectivity index (χ2v) is 25.7. The van der Waals surface area contributed by atoms with Crippen LogP contribution in [-0.4, -0.2) is 112 Å². The lowest BCUT2D eigenvalue weighted by Crippen LogP contribution is -2.47. The Balaban J connectivity index is 0.000000126. The van der Waals surface area contributed by atoms with Gasteiger partial charge in [-0.3, -0.25) is 9.69 Å². The standard InChI is InChI=1S/2C27H30N2O2.C14H18ClNO.C13H11NO/c1-30-24-14-12-21(13-15-24)16-18-28-17-6-8-23(28)19-29-25-9-3-2-7-22(25)20-31-27-11-5-4-10-26(27)29;1-30-24-14-12-21(13-15-24)16-18-28-17-6-8-23(19-28)29-25-9-3-2-7-22(25)20-31-27-11-5-4-10-26(27)29;15-14-2-1-8-16(10-14)9-7-12-3-5-13(11-17)6-4-12;1-2-6-11-10(5-1)9-15-13-8-4-3-7-12(13)14-11/h2*2-5,7,9-15,23H,6,8,16-20H2,1H3;3-6,11,14H,1-2,7-10H2;1-8,14H,9H2/t2*23-;14-;/m100./s1. The first kappa shape index (κ1) is 65.3. The Bertz CT molecular complexity index is 3710. The van der Waals surface area contributed by atoms with Crippen LogP contribution in [0.25, 0.3) is 0 Å². The van der Waals surface area contributed by atoms with Crippen LogP contribution in [0.15, 0.2) is 218 Å². The van der Waals surface area contributed by atoms with Crippen LogP contribution >= 0.6 is 11.6 Å². The summed E-state index contributed by atoms with van der Waals surface area (Å²) >= 11 is 6.15. The minimum atomic E-state index is 0.321. The number of aldehydes is 1. The summed E-state index contributed by atoms with van der Waals surface area (Å²) in [6, 6.07) is 76.2. The number of nitrogens with zero attached hydrogens (tertiary/aromatic N) is 5. The molecule has 3 saturated heterocycles. The monoisotopic (exact) mass is 1280 g/mol. The largest absolute Gasteiger partial charge is 0.497 e. The lowest BCUT2D eigenvalue weighted by molar-refractivity contribution is 0.112. The van der Waals surface area contributed by atoms with Crippen LogP contribution in [0.5, 0.6) is 28.7 Å². The van der Waals surface area contributed by atoms with Gasteiger partial charge in [0, 0.05) is 96.0 Å². The number of benzene rings is 9. The Morgan fingerprint density at radius 2 is 0.947 bits per heavy atom.